The summed E-state index contributed by atoms with van der Waals surface area (Å²) < 4.78 is 39.2. The number of hydrogen-bond donors (Lipinski definition) is 1. The molecule has 0 saturated carbocycles. The molecule has 78 valence electrons. The van der Waals surface area contributed by atoms with Gasteiger partial charge >= 0.3 is 0 Å². The Bertz CT molecular complexity index is 416. The molecule has 1 atom stereocenters. The normalized spacial score (nSPS) is 13.6. The van der Waals surface area contributed by atoms with Gasteiger partial charge < -0.3 is 4.74 Å². The van der Waals surface area contributed by atoms with Gasteiger partial charge in [0.15, 0.2) is 0 Å². The van der Waals surface area contributed by atoms with Crippen LogP contribution in [0, 0.1) is 0 Å². The molecule has 0 bridgehead atoms. The van der Waals surface area contributed by atoms with Crippen molar-refractivity contribution in [2.75, 3.05) is 0 Å². The maximum Gasteiger partial charge on any atom is 0.241 e. The van der Waals surface area contributed by atoms with Crippen LogP contribution in [0.4, 0.5) is 4.39 Å². The SMILES string of the molecule is CC(F)Oc1ccccc1S(N)(=O)=O. The number of hydrogen-bond acceptors (Lipinski definition) is 3. The van der Waals surface area contributed by atoms with Crippen LogP contribution in [0.3, 0.4) is 0 Å². The second-order valence-electron chi connectivity index (χ2n) is 2.65. The Morgan fingerprint density at radius 2 is 2.00 bits per heavy atom. The number of para-hydroxylation sites is 1. The lowest BCUT2D eigenvalue weighted by atomic mass is 10.3. The van der Waals surface area contributed by atoms with Gasteiger partial charge in [-0.25, -0.2) is 17.9 Å². The van der Waals surface area contributed by atoms with E-state index in [1.165, 1.54) is 24.3 Å². The maximum atomic E-state index is 12.5. The van der Waals surface area contributed by atoms with Crippen molar-refractivity contribution in [3.05, 3.63) is 24.3 Å². The molecule has 0 saturated heterocycles. The summed E-state index contributed by atoms with van der Waals surface area (Å²) in [5.74, 6) is -0.0787. The Balaban J connectivity index is 3.17. The lowest BCUT2D eigenvalue weighted by molar-refractivity contribution is 0.0828. The molecule has 1 rings (SSSR count). The molecule has 0 aliphatic rings. The molecular formula is C8H10FNO3S. The first kappa shape index (κ1) is 10.9. The third-order valence-corrected chi connectivity index (χ3v) is 2.40. The molecule has 14 heavy (non-hydrogen) atoms. The van der Waals surface area contributed by atoms with Crippen molar-refractivity contribution in [1.29, 1.82) is 0 Å². The predicted molar refractivity (Wildman–Crippen MR) is 49.0 cm³/mol. The van der Waals surface area contributed by atoms with Crippen LogP contribution in [-0.4, -0.2) is 14.8 Å². The van der Waals surface area contributed by atoms with Crippen molar-refractivity contribution in [3.63, 3.8) is 0 Å². The summed E-state index contributed by atoms with van der Waals surface area (Å²) >= 11 is 0. The Hall–Kier alpha value is -1.14. The molecule has 0 aromatic heterocycles. The lowest BCUT2D eigenvalue weighted by Gasteiger charge is -2.09. The van der Waals surface area contributed by atoms with Crippen molar-refractivity contribution in [2.45, 2.75) is 18.2 Å². The van der Waals surface area contributed by atoms with Crippen molar-refractivity contribution >= 4 is 10.0 Å². The molecule has 2 N–H and O–H groups in total. The Kier molecular flexibility index (Phi) is 3.07. The van der Waals surface area contributed by atoms with Crippen molar-refractivity contribution in [2.24, 2.45) is 5.14 Å². The van der Waals surface area contributed by atoms with Crippen LogP contribution in [0.25, 0.3) is 0 Å². The highest BCUT2D eigenvalue weighted by molar-refractivity contribution is 7.89. The van der Waals surface area contributed by atoms with Gasteiger partial charge in [0, 0.05) is 6.92 Å². The third-order valence-electron chi connectivity index (χ3n) is 1.45. The molecule has 1 aromatic carbocycles. The minimum Gasteiger partial charge on any atom is -0.459 e. The van der Waals surface area contributed by atoms with Gasteiger partial charge in [-0.15, -0.1) is 0 Å². The Morgan fingerprint density at radius 3 is 2.50 bits per heavy atom. The first-order valence-electron chi connectivity index (χ1n) is 3.84. The molecule has 6 heteroatoms. The maximum absolute atomic E-state index is 12.5. The quantitative estimate of drug-likeness (QED) is 0.825. The zero-order valence-electron chi connectivity index (χ0n) is 7.48. The minimum atomic E-state index is -3.87. The van der Waals surface area contributed by atoms with E-state index in [0.29, 0.717) is 0 Å². The zero-order valence-corrected chi connectivity index (χ0v) is 8.29. The highest BCUT2D eigenvalue weighted by atomic mass is 32.2. The number of halogens is 1. The number of alkyl halides is 1. The van der Waals surface area contributed by atoms with Gasteiger partial charge in [0.1, 0.15) is 10.6 Å². The van der Waals surface area contributed by atoms with E-state index in [9.17, 15) is 12.8 Å². The van der Waals surface area contributed by atoms with Gasteiger partial charge in [0.05, 0.1) is 0 Å². The van der Waals surface area contributed by atoms with Crippen LogP contribution in [0.1, 0.15) is 6.92 Å². The lowest BCUT2D eigenvalue weighted by Crippen LogP contribution is -2.15. The van der Waals surface area contributed by atoms with Gasteiger partial charge in [-0.2, -0.15) is 0 Å². The van der Waals surface area contributed by atoms with Gasteiger partial charge in [0.25, 0.3) is 0 Å². The van der Waals surface area contributed by atoms with E-state index in [4.69, 9.17) is 5.14 Å². The summed E-state index contributed by atoms with van der Waals surface area (Å²) in [6, 6.07) is 5.62. The fourth-order valence-electron chi connectivity index (χ4n) is 0.958. The van der Waals surface area contributed by atoms with Gasteiger partial charge in [0.2, 0.25) is 16.4 Å². The Morgan fingerprint density at radius 1 is 1.43 bits per heavy atom. The van der Waals surface area contributed by atoms with E-state index in [1.807, 2.05) is 0 Å². The van der Waals surface area contributed by atoms with Crippen molar-refractivity contribution in [1.82, 2.24) is 0 Å². The summed E-state index contributed by atoms with van der Waals surface area (Å²) in [4.78, 5) is -0.218. The van der Waals surface area contributed by atoms with E-state index < -0.39 is 16.4 Å². The minimum absolute atomic E-state index is 0.0787. The molecule has 0 aliphatic heterocycles. The van der Waals surface area contributed by atoms with Gasteiger partial charge in [-0.05, 0) is 12.1 Å². The third kappa shape index (κ3) is 2.68. The number of nitrogens with two attached hydrogens (primary N) is 1. The standard InChI is InChI=1S/C8H10FNO3S/c1-6(9)13-7-4-2-3-5-8(7)14(10,11)12/h2-6H,1H3,(H2,10,11,12). The number of benzene rings is 1. The van der Waals surface area contributed by atoms with Crippen LogP contribution >= 0.6 is 0 Å². The average Bonchev–Trinajstić information content (AvgIpc) is 2.01. The highest BCUT2D eigenvalue weighted by Gasteiger charge is 2.15. The van der Waals surface area contributed by atoms with Crippen molar-refractivity contribution in [3.8, 4) is 5.75 Å². The van der Waals surface area contributed by atoms with E-state index in [2.05, 4.69) is 4.74 Å². The number of rotatable bonds is 3. The topological polar surface area (TPSA) is 69.4 Å². The van der Waals surface area contributed by atoms with Gasteiger partial charge in [-0.1, -0.05) is 12.1 Å². The average molecular weight is 219 g/mol. The van der Waals surface area contributed by atoms with Crippen LogP contribution in [0.15, 0.2) is 29.2 Å². The molecule has 0 radical (unpaired) electrons. The molecule has 0 spiro atoms. The number of sulfonamides is 1. The first-order valence-corrected chi connectivity index (χ1v) is 5.38. The monoisotopic (exact) mass is 219 g/mol. The number of ether oxygens (including phenoxy) is 1. The Labute approximate surface area is 81.5 Å². The van der Waals surface area contributed by atoms with Crippen LogP contribution in [0.5, 0.6) is 5.75 Å². The largest absolute Gasteiger partial charge is 0.459 e. The molecule has 0 aliphatic carbocycles. The fourth-order valence-corrected chi connectivity index (χ4v) is 1.62. The molecule has 4 nitrogen and oxygen atoms in total. The molecule has 0 amide bonds. The van der Waals surface area contributed by atoms with Crippen LogP contribution in [-0.2, 0) is 10.0 Å². The summed E-state index contributed by atoms with van der Waals surface area (Å²) in [6.07, 6.45) is -1.59. The predicted octanol–water partition coefficient (Wildman–Crippen LogP) is 1.03. The summed E-state index contributed by atoms with van der Waals surface area (Å²) in [6.45, 7) is 1.15. The zero-order chi connectivity index (χ0) is 10.8. The van der Waals surface area contributed by atoms with Gasteiger partial charge in [-0.3, -0.25) is 0 Å². The molecule has 1 unspecified atom stereocenters. The summed E-state index contributed by atoms with van der Waals surface area (Å²) in [5.41, 5.74) is 0. The molecular weight excluding hydrogens is 209 g/mol. The van der Waals surface area contributed by atoms with Crippen molar-refractivity contribution < 1.29 is 17.5 Å². The van der Waals surface area contributed by atoms with E-state index in [0.717, 1.165) is 6.92 Å². The van der Waals surface area contributed by atoms with E-state index in [1.54, 1.807) is 0 Å². The number of primary sulfonamides is 1. The first-order chi connectivity index (χ1) is 6.41. The summed E-state index contributed by atoms with van der Waals surface area (Å²) in [5, 5.41) is 4.90. The molecule has 0 fully saturated rings. The summed E-state index contributed by atoms with van der Waals surface area (Å²) in [7, 11) is -3.87. The smallest absolute Gasteiger partial charge is 0.241 e. The second kappa shape index (κ2) is 3.93. The molecule has 1 aromatic rings. The van der Waals surface area contributed by atoms with Crippen LogP contribution in [0.2, 0.25) is 0 Å². The van der Waals surface area contributed by atoms with Crippen LogP contribution < -0.4 is 9.88 Å². The fraction of sp³-hybridized carbons (Fsp3) is 0.250. The highest BCUT2D eigenvalue weighted by Crippen LogP contribution is 2.22. The second-order valence-corrected chi connectivity index (χ2v) is 4.18. The van der Waals surface area contributed by atoms with E-state index in [-0.39, 0.29) is 10.6 Å². The molecule has 0 heterocycles. The van der Waals surface area contributed by atoms with E-state index >= 15 is 0 Å².